The van der Waals surface area contributed by atoms with Crippen LogP contribution in [-0.2, 0) is 12.6 Å². The number of unbranched alkanes of at least 4 members (excludes halogenated alkanes) is 3. The van der Waals surface area contributed by atoms with Gasteiger partial charge < -0.3 is 18.4 Å². The van der Waals surface area contributed by atoms with Crippen LogP contribution in [0.5, 0.6) is 0 Å². The van der Waals surface area contributed by atoms with Gasteiger partial charge in [0.1, 0.15) is 0 Å². The topological polar surface area (TPSA) is 0 Å². The first-order valence-corrected chi connectivity index (χ1v) is 3.32. The number of hydrogen-bond acceptors (Lipinski definition) is 1. The summed E-state index contributed by atoms with van der Waals surface area (Å²) >= 11 is 4.64. The minimum Gasteiger partial charge on any atom is -1.01 e. The smallest absolute Gasteiger partial charge is 1.00 e. The molecule has 0 spiro atoms. The van der Waals surface area contributed by atoms with Gasteiger partial charge in [-0.3, -0.25) is 0 Å². The van der Waals surface area contributed by atoms with Crippen LogP contribution in [0.4, 0.5) is 0 Å². The van der Waals surface area contributed by atoms with Gasteiger partial charge in [0, 0.05) is 0 Å². The monoisotopic (exact) mass is 371 g/mol. The molecule has 0 unspecified atom stereocenters. The van der Waals surface area contributed by atoms with Crippen molar-refractivity contribution in [2.45, 2.75) is 32.6 Å². The van der Waals surface area contributed by atoms with E-state index in [0.29, 0.717) is 0 Å². The molecule has 0 nitrogen and oxygen atoms in total. The molecule has 0 radical (unpaired) electrons. The molecule has 10 heavy (non-hydrogen) atoms. The summed E-state index contributed by atoms with van der Waals surface area (Å²) in [6, 6.07) is 0. The minimum atomic E-state index is 0. The van der Waals surface area contributed by atoms with Gasteiger partial charge >= 0.3 is 175 Å². The predicted octanol–water partition coefficient (Wildman–Crippen LogP) is -6.71. The molecular weight excluding hydrogens is 361 g/mol. The molecule has 0 heterocycles. The molecule has 0 aliphatic heterocycles. The van der Waals surface area contributed by atoms with E-state index in [4.69, 9.17) is 0 Å². The van der Waals surface area contributed by atoms with Gasteiger partial charge in [0.05, 0.1) is 0 Å². The van der Waals surface area contributed by atoms with Crippen molar-refractivity contribution in [2.75, 3.05) is 0 Å². The van der Waals surface area contributed by atoms with Crippen molar-refractivity contribution >= 4 is 12.6 Å². The molecule has 0 bridgehead atoms. The van der Waals surface area contributed by atoms with Crippen LogP contribution >= 0.6 is 0 Å². The molecular formula is C6H12Rb3S+. The predicted molar refractivity (Wildman–Crippen MR) is 35.8 cm³/mol. The number of rotatable bonds is 4. The molecule has 0 aliphatic carbocycles. The summed E-state index contributed by atoms with van der Waals surface area (Å²) < 4.78 is 0. The fourth-order valence-corrected chi connectivity index (χ4v) is 0.644. The van der Waals surface area contributed by atoms with E-state index in [-0.39, 0.29) is 175 Å². The summed E-state index contributed by atoms with van der Waals surface area (Å²) in [6.45, 7) is 2.20. The Morgan fingerprint density at radius 1 is 1.10 bits per heavy atom. The molecule has 0 rings (SSSR count). The SMILES string of the molecule is CCCCC[CH-][S-].[Rb+].[Rb+].[Rb+]. The van der Waals surface area contributed by atoms with Crippen LogP contribution in [-0.4, -0.2) is 0 Å². The molecule has 0 aromatic carbocycles. The second-order valence-corrected chi connectivity index (χ2v) is 2.00. The van der Waals surface area contributed by atoms with Gasteiger partial charge in [0.15, 0.2) is 0 Å². The van der Waals surface area contributed by atoms with Gasteiger partial charge in [-0.25, -0.2) is 6.42 Å². The maximum Gasteiger partial charge on any atom is 1.00 e. The standard InChI is InChI=1S/C6H12S.3Rb/c1-2-3-4-5-6-7;;;/h6H,2-5H2,1H3;;;/q-2;3*+1. The van der Waals surface area contributed by atoms with Crippen molar-refractivity contribution in [1.29, 1.82) is 0 Å². The first-order valence-electron chi connectivity index (χ1n) is 2.85. The fraction of sp³-hybridized carbons (Fsp3) is 0.833. The zero-order valence-electron chi connectivity index (χ0n) is 7.81. The molecule has 0 aromatic heterocycles. The molecule has 4 heteroatoms. The van der Waals surface area contributed by atoms with Crippen LogP contribution in [0.3, 0.4) is 0 Å². The molecule has 0 saturated carbocycles. The van der Waals surface area contributed by atoms with Crippen LogP contribution in [0.15, 0.2) is 0 Å². The third kappa shape index (κ3) is 23.5. The van der Waals surface area contributed by atoms with E-state index in [2.05, 4.69) is 19.6 Å². The summed E-state index contributed by atoms with van der Waals surface area (Å²) in [5.74, 6) is 1.82. The average Bonchev–Trinajstić information content (AvgIpc) is 1.69. The largest absolute Gasteiger partial charge is 1.01 e. The Bertz CT molecular complexity index is 32.2. The maximum absolute atomic E-state index is 4.64. The van der Waals surface area contributed by atoms with Crippen molar-refractivity contribution < 1.29 is 175 Å². The molecule has 0 N–H and O–H groups in total. The quantitative estimate of drug-likeness (QED) is 0.269. The van der Waals surface area contributed by atoms with Gasteiger partial charge in [0.2, 0.25) is 0 Å². The molecule has 0 aromatic rings. The van der Waals surface area contributed by atoms with Gasteiger partial charge in [-0.05, 0) is 0 Å². The van der Waals surface area contributed by atoms with Crippen LogP contribution in [0.25, 0.3) is 0 Å². The molecule has 0 amide bonds. The normalized spacial score (nSPS) is 6.60. The van der Waals surface area contributed by atoms with E-state index in [9.17, 15) is 0 Å². The van der Waals surface area contributed by atoms with Crippen molar-refractivity contribution in [3.63, 3.8) is 0 Å². The summed E-state index contributed by atoms with van der Waals surface area (Å²) in [7, 11) is 0. The Balaban J connectivity index is -0.0000000600. The van der Waals surface area contributed by atoms with Crippen LogP contribution < -0.4 is 175 Å². The summed E-state index contributed by atoms with van der Waals surface area (Å²) in [6.07, 6.45) is 5.01. The summed E-state index contributed by atoms with van der Waals surface area (Å²) in [4.78, 5) is 0. The third-order valence-corrected chi connectivity index (χ3v) is 1.16. The van der Waals surface area contributed by atoms with Gasteiger partial charge in [-0.1, -0.05) is 26.2 Å². The zero-order valence-corrected chi connectivity index (χ0v) is 23.4. The van der Waals surface area contributed by atoms with E-state index in [1.54, 1.807) is 0 Å². The molecule has 0 atom stereocenters. The van der Waals surface area contributed by atoms with Crippen LogP contribution in [0.1, 0.15) is 32.6 Å². The second-order valence-electron chi connectivity index (χ2n) is 1.66. The second kappa shape index (κ2) is 24.1. The molecule has 44 valence electrons. The van der Waals surface area contributed by atoms with Crippen molar-refractivity contribution in [1.82, 2.24) is 0 Å². The van der Waals surface area contributed by atoms with Crippen molar-refractivity contribution in [2.24, 2.45) is 0 Å². The molecule has 0 fully saturated rings. The molecule has 0 saturated heterocycles. The Morgan fingerprint density at radius 3 is 1.90 bits per heavy atom. The van der Waals surface area contributed by atoms with Gasteiger partial charge in [-0.15, -0.1) is 0 Å². The van der Waals surface area contributed by atoms with E-state index < -0.39 is 0 Å². The van der Waals surface area contributed by atoms with E-state index in [0.717, 1.165) is 6.42 Å². The van der Waals surface area contributed by atoms with Crippen LogP contribution in [0.2, 0.25) is 0 Å². The Morgan fingerprint density at radius 2 is 1.60 bits per heavy atom. The Kier molecular flexibility index (Phi) is 59.9. The van der Waals surface area contributed by atoms with Gasteiger partial charge in [0.25, 0.3) is 0 Å². The Labute approximate surface area is 218 Å². The average molecular weight is 373 g/mol. The maximum atomic E-state index is 4.64. The number of hydrogen-bond donors (Lipinski definition) is 0. The first kappa shape index (κ1) is 24.8. The van der Waals surface area contributed by atoms with Gasteiger partial charge in [-0.2, -0.15) is 0 Å². The summed E-state index contributed by atoms with van der Waals surface area (Å²) in [5, 5.41) is 0. The van der Waals surface area contributed by atoms with E-state index in [1.165, 1.54) is 19.3 Å². The van der Waals surface area contributed by atoms with Crippen molar-refractivity contribution in [3.05, 3.63) is 5.75 Å². The van der Waals surface area contributed by atoms with E-state index in [1.807, 2.05) is 5.75 Å². The Hall–Kier alpha value is 5.77. The fourth-order valence-electron chi connectivity index (χ4n) is 0.478. The van der Waals surface area contributed by atoms with Crippen LogP contribution in [0, 0.1) is 5.75 Å². The third-order valence-electron chi connectivity index (χ3n) is 0.926. The first-order chi connectivity index (χ1) is 3.41. The summed E-state index contributed by atoms with van der Waals surface area (Å²) in [5.41, 5.74) is 0. The molecule has 0 aliphatic rings. The minimum absolute atomic E-state index is 0. The van der Waals surface area contributed by atoms with E-state index >= 15 is 0 Å². The van der Waals surface area contributed by atoms with Crippen molar-refractivity contribution in [3.8, 4) is 0 Å². The zero-order chi connectivity index (χ0) is 5.54.